The van der Waals surface area contributed by atoms with Gasteiger partial charge in [-0.05, 0) is 23.6 Å². The molecule has 0 aliphatic heterocycles. The average Bonchev–Trinajstić information content (AvgIpc) is 2.18. The van der Waals surface area contributed by atoms with Crippen molar-refractivity contribution in [2.24, 2.45) is 5.92 Å². The molecule has 0 saturated carbocycles. The fourth-order valence-corrected chi connectivity index (χ4v) is 1.90. The van der Waals surface area contributed by atoms with Crippen molar-refractivity contribution in [1.29, 1.82) is 0 Å². The van der Waals surface area contributed by atoms with Crippen molar-refractivity contribution < 1.29 is 4.74 Å². The van der Waals surface area contributed by atoms with E-state index in [2.05, 4.69) is 46.4 Å². The van der Waals surface area contributed by atoms with E-state index < -0.39 is 0 Å². The molecule has 0 bridgehead atoms. The van der Waals surface area contributed by atoms with Crippen molar-refractivity contribution in [2.45, 2.75) is 13.5 Å². The maximum absolute atomic E-state index is 5.08. The number of benzene rings is 1. The molecule has 0 heterocycles. The Bertz CT molecular complexity index is 291. The van der Waals surface area contributed by atoms with Crippen LogP contribution in [0, 0.1) is 5.92 Å². The number of rotatable bonds is 6. The minimum Gasteiger partial charge on any atom is -0.384 e. The van der Waals surface area contributed by atoms with Crippen molar-refractivity contribution in [3.63, 3.8) is 0 Å². The fraction of sp³-hybridized carbons (Fsp3) is 0.500. The lowest BCUT2D eigenvalue weighted by atomic mass is 10.2. The van der Waals surface area contributed by atoms with Gasteiger partial charge in [-0.15, -0.1) is 0 Å². The molecule has 1 aromatic rings. The van der Waals surface area contributed by atoms with E-state index >= 15 is 0 Å². The number of nitrogens with one attached hydrogen (secondary N) is 1. The predicted molar refractivity (Wildman–Crippen MR) is 66.9 cm³/mol. The summed E-state index contributed by atoms with van der Waals surface area (Å²) in [5, 5.41) is 3.41. The molecule has 1 atom stereocenters. The lowest BCUT2D eigenvalue weighted by molar-refractivity contribution is 0.158. The van der Waals surface area contributed by atoms with Crippen LogP contribution in [-0.4, -0.2) is 20.3 Å². The molecule has 3 heteroatoms. The van der Waals surface area contributed by atoms with E-state index in [1.165, 1.54) is 5.56 Å². The first-order valence-corrected chi connectivity index (χ1v) is 5.95. The lowest BCUT2D eigenvalue weighted by Gasteiger charge is -2.11. The van der Waals surface area contributed by atoms with Gasteiger partial charge in [-0.1, -0.05) is 35.0 Å². The van der Waals surface area contributed by atoms with Crippen LogP contribution in [-0.2, 0) is 11.3 Å². The second-order valence-corrected chi connectivity index (χ2v) is 4.74. The highest BCUT2D eigenvalue weighted by Crippen LogP contribution is 2.11. The van der Waals surface area contributed by atoms with E-state index in [1.807, 2.05) is 6.07 Å². The monoisotopic (exact) mass is 271 g/mol. The number of ether oxygens (including phenoxy) is 1. The molecule has 0 radical (unpaired) electrons. The Morgan fingerprint density at radius 1 is 1.47 bits per heavy atom. The van der Waals surface area contributed by atoms with Gasteiger partial charge < -0.3 is 10.1 Å². The van der Waals surface area contributed by atoms with Crippen molar-refractivity contribution >= 4 is 15.9 Å². The van der Waals surface area contributed by atoms with Crippen molar-refractivity contribution in [1.82, 2.24) is 5.32 Å². The van der Waals surface area contributed by atoms with E-state index in [4.69, 9.17) is 4.74 Å². The molecule has 0 aliphatic rings. The highest BCUT2D eigenvalue weighted by molar-refractivity contribution is 9.10. The Morgan fingerprint density at radius 3 is 2.93 bits per heavy atom. The third kappa shape index (κ3) is 5.30. The maximum Gasteiger partial charge on any atom is 0.0499 e. The van der Waals surface area contributed by atoms with Gasteiger partial charge in [0.25, 0.3) is 0 Å². The van der Waals surface area contributed by atoms with Crippen LogP contribution < -0.4 is 5.32 Å². The molecule has 0 fully saturated rings. The van der Waals surface area contributed by atoms with Crippen LogP contribution in [0.15, 0.2) is 28.7 Å². The molecule has 2 nitrogen and oxygen atoms in total. The summed E-state index contributed by atoms with van der Waals surface area (Å²) < 4.78 is 6.21. The third-order valence-electron chi connectivity index (χ3n) is 2.16. The average molecular weight is 272 g/mol. The van der Waals surface area contributed by atoms with Crippen LogP contribution in [0.1, 0.15) is 12.5 Å². The molecule has 1 aromatic carbocycles. The van der Waals surface area contributed by atoms with Crippen LogP contribution in [0.4, 0.5) is 0 Å². The van der Waals surface area contributed by atoms with Crippen molar-refractivity contribution in [2.75, 3.05) is 20.3 Å². The topological polar surface area (TPSA) is 21.3 Å². The van der Waals surface area contributed by atoms with E-state index in [9.17, 15) is 0 Å². The fourth-order valence-electron chi connectivity index (χ4n) is 1.45. The summed E-state index contributed by atoms with van der Waals surface area (Å²) in [5.41, 5.74) is 1.30. The largest absolute Gasteiger partial charge is 0.384 e. The Labute approximate surface area is 100 Å². The molecule has 0 aliphatic carbocycles. The summed E-state index contributed by atoms with van der Waals surface area (Å²) in [6.07, 6.45) is 0. The summed E-state index contributed by atoms with van der Waals surface area (Å²) in [6.45, 7) is 4.89. The zero-order valence-electron chi connectivity index (χ0n) is 9.29. The second-order valence-electron chi connectivity index (χ2n) is 3.82. The molecule has 15 heavy (non-hydrogen) atoms. The Morgan fingerprint density at radius 2 is 2.27 bits per heavy atom. The van der Waals surface area contributed by atoms with E-state index in [0.29, 0.717) is 5.92 Å². The molecule has 0 spiro atoms. The van der Waals surface area contributed by atoms with E-state index in [-0.39, 0.29) is 0 Å². The van der Waals surface area contributed by atoms with Gasteiger partial charge in [-0.25, -0.2) is 0 Å². The molecular formula is C12H18BrNO. The quantitative estimate of drug-likeness (QED) is 0.859. The molecule has 0 amide bonds. The zero-order valence-corrected chi connectivity index (χ0v) is 10.9. The summed E-state index contributed by atoms with van der Waals surface area (Å²) in [5.74, 6) is 0.558. The second kappa shape index (κ2) is 6.99. The molecule has 84 valence electrons. The number of halogens is 1. The van der Waals surface area contributed by atoms with Gasteiger partial charge in [0.15, 0.2) is 0 Å². The minimum atomic E-state index is 0.558. The van der Waals surface area contributed by atoms with Gasteiger partial charge in [0.2, 0.25) is 0 Å². The first-order valence-electron chi connectivity index (χ1n) is 5.16. The number of hydrogen-bond donors (Lipinski definition) is 1. The first kappa shape index (κ1) is 12.7. The summed E-state index contributed by atoms with van der Waals surface area (Å²) in [4.78, 5) is 0. The Kier molecular flexibility index (Phi) is 5.91. The van der Waals surface area contributed by atoms with Gasteiger partial charge >= 0.3 is 0 Å². The van der Waals surface area contributed by atoms with Gasteiger partial charge in [0.1, 0.15) is 0 Å². The number of hydrogen-bond acceptors (Lipinski definition) is 2. The Balaban J connectivity index is 2.25. The summed E-state index contributed by atoms with van der Waals surface area (Å²) >= 11 is 3.46. The zero-order chi connectivity index (χ0) is 11.1. The SMILES string of the molecule is COCC(C)CNCc1cccc(Br)c1. The van der Waals surface area contributed by atoms with Gasteiger partial charge in [0, 0.05) is 31.3 Å². The molecule has 0 aromatic heterocycles. The summed E-state index contributed by atoms with van der Waals surface area (Å²) in [7, 11) is 1.74. The first-order chi connectivity index (χ1) is 7.22. The van der Waals surface area contributed by atoms with E-state index in [1.54, 1.807) is 7.11 Å². The normalized spacial score (nSPS) is 12.7. The minimum absolute atomic E-state index is 0.558. The van der Waals surface area contributed by atoms with Crippen LogP contribution in [0.2, 0.25) is 0 Å². The molecule has 1 N–H and O–H groups in total. The Hall–Kier alpha value is -0.380. The molecule has 1 rings (SSSR count). The highest BCUT2D eigenvalue weighted by Gasteiger charge is 2.00. The van der Waals surface area contributed by atoms with Crippen LogP contribution in [0.5, 0.6) is 0 Å². The van der Waals surface area contributed by atoms with Crippen LogP contribution in [0.3, 0.4) is 0 Å². The molecule has 0 saturated heterocycles. The van der Waals surface area contributed by atoms with Gasteiger partial charge in [-0.2, -0.15) is 0 Å². The predicted octanol–water partition coefficient (Wildman–Crippen LogP) is 2.82. The summed E-state index contributed by atoms with van der Waals surface area (Å²) in [6, 6.07) is 8.35. The van der Waals surface area contributed by atoms with Gasteiger partial charge in [0.05, 0.1) is 0 Å². The van der Waals surface area contributed by atoms with E-state index in [0.717, 1.165) is 24.2 Å². The number of methoxy groups -OCH3 is 1. The van der Waals surface area contributed by atoms with Crippen LogP contribution in [0.25, 0.3) is 0 Å². The third-order valence-corrected chi connectivity index (χ3v) is 2.66. The standard InChI is InChI=1S/C12H18BrNO/c1-10(9-15-2)7-14-8-11-4-3-5-12(13)6-11/h3-6,10,14H,7-9H2,1-2H3. The maximum atomic E-state index is 5.08. The molecular weight excluding hydrogens is 254 g/mol. The van der Waals surface area contributed by atoms with Crippen molar-refractivity contribution in [3.8, 4) is 0 Å². The van der Waals surface area contributed by atoms with Crippen LogP contribution >= 0.6 is 15.9 Å². The highest BCUT2D eigenvalue weighted by atomic mass is 79.9. The van der Waals surface area contributed by atoms with Crippen molar-refractivity contribution in [3.05, 3.63) is 34.3 Å². The van der Waals surface area contributed by atoms with Gasteiger partial charge in [-0.3, -0.25) is 0 Å². The molecule has 1 unspecified atom stereocenters. The smallest absolute Gasteiger partial charge is 0.0499 e. The lowest BCUT2D eigenvalue weighted by Crippen LogP contribution is -2.23.